The van der Waals surface area contributed by atoms with Crippen LogP contribution in [0.25, 0.3) is 10.9 Å². The van der Waals surface area contributed by atoms with Crippen LogP contribution < -0.4 is 4.74 Å². The first-order valence-corrected chi connectivity index (χ1v) is 9.17. The predicted octanol–water partition coefficient (Wildman–Crippen LogP) is 3.87. The second-order valence-electron chi connectivity index (χ2n) is 5.16. The lowest BCUT2D eigenvalue weighted by atomic mass is 10.2. The second kappa shape index (κ2) is 6.18. The first-order valence-electron chi connectivity index (χ1n) is 6.90. The van der Waals surface area contributed by atoms with Crippen LogP contribution in [0.15, 0.2) is 59.5 Å². The molecule has 118 valence electrons. The average molecular weight is 348 g/mol. The normalized spacial score (nSPS) is 11.6. The number of pyridine rings is 1. The van der Waals surface area contributed by atoms with Crippen molar-refractivity contribution < 1.29 is 13.2 Å². The number of aromatic nitrogens is 1. The number of hydrogen-bond acceptors (Lipinski definition) is 4. The van der Waals surface area contributed by atoms with Gasteiger partial charge in [-0.1, -0.05) is 29.8 Å². The minimum atomic E-state index is -3.20. The summed E-state index contributed by atoms with van der Waals surface area (Å²) in [7, 11) is -3.20. The monoisotopic (exact) mass is 347 g/mol. The van der Waals surface area contributed by atoms with Crippen LogP contribution in [0, 0.1) is 0 Å². The van der Waals surface area contributed by atoms with Crippen molar-refractivity contribution in [2.24, 2.45) is 0 Å². The summed E-state index contributed by atoms with van der Waals surface area (Å²) in [5.74, 6) is 0.571. The van der Waals surface area contributed by atoms with Crippen molar-refractivity contribution in [1.29, 1.82) is 0 Å². The Morgan fingerprint density at radius 1 is 1.09 bits per heavy atom. The van der Waals surface area contributed by atoms with E-state index < -0.39 is 9.84 Å². The fraction of sp³-hybridized carbons (Fsp3) is 0.118. The number of rotatable bonds is 4. The molecule has 0 atom stereocenters. The van der Waals surface area contributed by atoms with Gasteiger partial charge in [0.05, 0.1) is 10.4 Å². The quantitative estimate of drug-likeness (QED) is 0.672. The van der Waals surface area contributed by atoms with Gasteiger partial charge in [0.25, 0.3) is 0 Å². The molecule has 0 N–H and O–H groups in total. The summed E-state index contributed by atoms with van der Waals surface area (Å²) in [5, 5.41) is 1.39. The molecule has 0 saturated heterocycles. The van der Waals surface area contributed by atoms with Crippen LogP contribution in [0.5, 0.6) is 5.75 Å². The Hall–Kier alpha value is -2.11. The van der Waals surface area contributed by atoms with Crippen molar-refractivity contribution >= 4 is 32.3 Å². The lowest BCUT2D eigenvalue weighted by Gasteiger charge is -2.09. The van der Waals surface area contributed by atoms with Crippen LogP contribution in [0.2, 0.25) is 5.15 Å². The Morgan fingerprint density at radius 3 is 2.48 bits per heavy atom. The number of nitrogens with zero attached hydrogens (tertiary/aromatic N) is 1. The third-order valence-electron chi connectivity index (χ3n) is 3.40. The fourth-order valence-electron chi connectivity index (χ4n) is 2.18. The maximum atomic E-state index is 11.4. The lowest BCUT2D eigenvalue weighted by molar-refractivity contribution is 0.306. The smallest absolute Gasteiger partial charge is 0.175 e. The highest BCUT2D eigenvalue weighted by Gasteiger charge is 2.08. The van der Waals surface area contributed by atoms with Crippen LogP contribution in [-0.4, -0.2) is 19.7 Å². The lowest BCUT2D eigenvalue weighted by Crippen LogP contribution is -2.00. The van der Waals surface area contributed by atoms with E-state index >= 15 is 0 Å². The maximum Gasteiger partial charge on any atom is 0.175 e. The third kappa shape index (κ3) is 3.63. The molecule has 23 heavy (non-hydrogen) atoms. The summed E-state index contributed by atoms with van der Waals surface area (Å²) in [6, 6.07) is 15.9. The number of sulfone groups is 1. The van der Waals surface area contributed by atoms with Crippen molar-refractivity contribution in [3.63, 3.8) is 0 Å². The zero-order valence-electron chi connectivity index (χ0n) is 12.4. The highest BCUT2D eigenvalue weighted by molar-refractivity contribution is 7.90. The van der Waals surface area contributed by atoms with Gasteiger partial charge in [0.1, 0.15) is 17.5 Å². The molecule has 0 spiro atoms. The van der Waals surface area contributed by atoms with Crippen molar-refractivity contribution in [3.05, 3.63) is 65.3 Å². The molecule has 0 radical (unpaired) electrons. The molecule has 1 heterocycles. The van der Waals surface area contributed by atoms with Gasteiger partial charge in [-0.3, -0.25) is 0 Å². The number of benzene rings is 2. The Kier molecular flexibility index (Phi) is 4.24. The van der Waals surface area contributed by atoms with Gasteiger partial charge in [0.15, 0.2) is 9.84 Å². The van der Waals surface area contributed by atoms with Crippen LogP contribution in [-0.2, 0) is 16.4 Å². The summed E-state index contributed by atoms with van der Waals surface area (Å²) in [5.41, 5.74) is 1.61. The van der Waals surface area contributed by atoms with Gasteiger partial charge in [0.2, 0.25) is 0 Å². The highest BCUT2D eigenvalue weighted by atomic mass is 35.5. The second-order valence-corrected chi connectivity index (χ2v) is 7.54. The minimum Gasteiger partial charge on any atom is -0.489 e. The number of fused-ring (bicyclic) bond motifs is 1. The molecule has 0 saturated carbocycles. The zero-order chi connectivity index (χ0) is 16.4. The minimum absolute atomic E-state index is 0.259. The number of hydrogen-bond donors (Lipinski definition) is 0. The SMILES string of the molecule is CS(=O)(=O)c1ccc(OCc2cc3ccccc3nc2Cl)cc1. The van der Waals surface area contributed by atoms with E-state index in [0.717, 1.165) is 16.5 Å². The molecule has 0 aliphatic heterocycles. The topological polar surface area (TPSA) is 56.3 Å². The van der Waals surface area contributed by atoms with Gasteiger partial charge in [-0.25, -0.2) is 13.4 Å². The van der Waals surface area contributed by atoms with E-state index in [0.29, 0.717) is 10.9 Å². The van der Waals surface area contributed by atoms with E-state index in [1.807, 2.05) is 30.3 Å². The van der Waals surface area contributed by atoms with E-state index in [-0.39, 0.29) is 11.5 Å². The Balaban J connectivity index is 1.79. The molecule has 3 aromatic rings. The molecule has 0 aliphatic rings. The van der Waals surface area contributed by atoms with Gasteiger partial charge < -0.3 is 4.74 Å². The Bertz CT molecular complexity index is 953. The maximum absolute atomic E-state index is 11.4. The third-order valence-corrected chi connectivity index (χ3v) is 4.85. The van der Waals surface area contributed by atoms with E-state index in [4.69, 9.17) is 16.3 Å². The van der Waals surface area contributed by atoms with E-state index in [2.05, 4.69) is 4.98 Å². The predicted molar refractivity (Wildman–Crippen MR) is 90.6 cm³/mol. The molecule has 0 bridgehead atoms. The zero-order valence-corrected chi connectivity index (χ0v) is 13.9. The van der Waals surface area contributed by atoms with Crippen LogP contribution in [0.1, 0.15) is 5.56 Å². The summed E-state index contributed by atoms with van der Waals surface area (Å²) in [6.45, 7) is 0.259. The Morgan fingerprint density at radius 2 is 1.78 bits per heavy atom. The van der Waals surface area contributed by atoms with Gasteiger partial charge in [0, 0.05) is 17.2 Å². The molecule has 4 nitrogen and oxygen atoms in total. The molecule has 6 heteroatoms. The molecular weight excluding hydrogens is 334 g/mol. The average Bonchev–Trinajstić information content (AvgIpc) is 2.52. The molecule has 0 amide bonds. The van der Waals surface area contributed by atoms with Crippen molar-refractivity contribution in [1.82, 2.24) is 4.98 Å². The van der Waals surface area contributed by atoms with Crippen LogP contribution >= 0.6 is 11.6 Å². The van der Waals surface area contributed by atoms with Gasteiger partial charge in [-0.2, -0.15) is 0 Å². The number of para-hydroxylation sites is 1. The van der Waals surface area contributed by atoms with Crippen molar-refractivity contribution in [3.8, 4) is 5.75 Å². The first kappa shape index (κ1) is 15.8. The largest absolute Gasteiger partial charge is 0.489 e. The molecule has 1 aromatic heterocycles. The first-order chi connectivity index (χ1) is 10.9. The molecule has 0 aliphatic carbocycles. The molecular formula is C17H14ClNO3S. The molecule has 0 fully saturated rings. The highest BCUT2D eigenvalue weighted by Crippen LogP contribution is 2.23. The van der Waals surface area contributed by atoms with Gasteiger partial charge >= 0.3 is 0 Å². The summed E-state index contributed by atoms with van der Waals surface area (Å²) < 4.78 is 28.5. The molecule has 2 aromatic carbocycles. The fourth-order valence-corrected chi connectivity index (χ4v) is 3.01. The van der Waals surface area contributed by atoms with Crippen LogP contribution in [0.4, 0.5) is 0 Å². The molecule has 3 rings (SSSR count). The van der Waals surface area contributed by atoms with Crippen LogP contribution in [0.3, 0.4) is 0 Å². The van der Waals surface area contributed by atoms with Gasteiger partial charge in [-0.05, 0) is 36.4 Å². The number of ether oxygens (including phenoxy) is 1. The van der Waals surface area contributed by atoms with Gasteiger partial charge in [-0.15, -0.1) is 0 Å². The summed E-state index contributed by atoms with van der Waals surface area (Å²) in [6.07, 6.45) is 1.17. The van der Waals surface area contributed by atoms with E-state index in [1.165, 1.54) is 18.4 Å². The van der Waals surface area contributed by atoms with Crippen molar-refractivity contribution in [2.75, 3.05) is 6.26 Å². The standard InChI is InChI=1S/C17H14ClNO3S/c1-23(20,21)15-8-6-14(7-9-15)22-11-13-10-12-4-2-3-5-16(12)19-17(13)18/h2-10H,11H2,1H3. The summed E-state index contributed by atoms with van der Waals surface area (Å²) in [4.78, 5) is 4.60. The summed E-state index contributed by atoms with van der Waals surface area (Å²) >= 11 is 6.18. The molecule has 0 unspecified atom stereocenters. The number of halogens is 1. The van der Waals surface area contributed by atoms with E-state index in [9.17, 15) is 8.42 Å². The van der Waals surface area contributed by atoms with Crippen molar-refractivity contribution in [2.45, 2.75) is 11.5 Å². The van der Waals surface area contributed by atoms with E-state index in [1.54, 1.807) is 12.1 Å². The Labute approximate surface area is 139 Å².